The van der Waals surface area contributed by atoms with Gasteiger partial charge in [0.25, 0.3) is 0 Å². The highest BCUT2D eigenvalue weighted by Crippen LogP contribution is 2.21. The normalized spacial score (nSPS) is 18.9. The van der Waals surface area contributed by atoms with Crippen molar-refractivity contribution < 1.29 is 19.1 Å². The number of nitrogens with one attached hydrogen (secondary N) is 1. The smallest absolute Gasteiger partial charge is 0.407 e. The lowest BCUT2D eigenvalue weighted by molar-refractivity contribution is -0.135. The van der Waals surface area contributed by atoms with Gasteiger partial charge in [0.05, 0.1) is 13.2 Å². The third kappa shape index (κ3) is 4.09. The number of Topliss-reactive ketones (excluding diaryl/α,β-unsaturated/α-hetero) is 1. The van der Waals surface area contributed by atoms with E-state index in [2.05, 4.69) is 10.1 Å². The molecular formula is C17H22N2O4. The number of carbonyl (C=O) groups excluding carboxylic acids is 3. The molecule has 0 saturated carbocycles. The number of piperidine rings is 1. The van der Waals surface area contributed by atoms with Crippen LogP contribution in [0.4, 0.5) is 4.79 Å². The molecule has 1 aromatic rings. The van der Waals surface area contributed by atoms with Gasteiger partial charge in [0, 0.05) is 12.1 Å². The number of hydrogen-bond donors (Lipinski definition) is 1. The number of carbonyl (C=O) groups is 3. The first-order chi connectivity index (χ1) is 11.0. The first-order valence-electron chi connectivity index (χ1n) is 7.79. The SMILES string of the molecule is COC(=O)N[C@@H](C)C(=O)N1CCCC[C@H]1C(=O)c1ccccc1. The van der Waals surface area contributed by atoms with E-state index in [0.29, 0.717) is 18.5 Å². The number of amides is 2. The van der Waals surface area contributed by atoms with Crippen LogP contribution in [-0.2, 0) is 9.53 Å². The van der Waals surface area contributed by atoms with Gasteiger partial charge < -0.3 is 15.0 Å². The van der Waals surface area contributed by atoms with Gasteiger partial charge in [-0.25, -0.2) is 4.79 Å². The zero-order chi connectivity index (χ0) is 16.8. The number of alkyl carbamates (subject to hydrolysis) is 1. The zero-order valence-corrected chi connectivity index (χ0v) is 13.5. The van der Waals surface area contributed by atoms with E-state index in [9.17, 15) is 14.4 Å². The molecule has 1 aromatic carbocycles. The maximum atomic E-state index is 12.7. The van der Waals surface area contributed by atoms with Crippen LogP contribution in [0.15, 0.2) is 30.3 Å². The third-order valence-corrected chi connectivity index (χ3v) is 4.04. The molecule has 1 N–H and O–H groups in total. The monoisotopic (exact) mass is 318 g/mol. The molecule has 2 rings (SSSR count). The molecule has 2 atom stereocenters. The molecule has 23 heavy (non-hydrogen) atoms. The Hall–Kier alpha value is -2.37. The van der Waals surface area contributed by atoms with Gasteiger partial charge in [-0.1, -0.05) is 30.3 Å². The molecule has 0 aromatic heterocycles. The predicted molar refractivity (Wildman–Crippen MR) is 85.1 cm³/mol. The lowest BCUT2D eigenvalue weighted by Crippen LogP contribution is -2.54. The van der Waals surface area contributed by atoms with Gasteiger partial charge >= 0.3 is 6.09 Å². The van der Waals surface area contributed by atoms with E-state index in [4.69, 9.17) is 0 Å². The Balaban J connectivity index is 2.13. The van der Waals surface area contributed by atoms with E-state index in [1.165, 1.54) is 7.11 Å². The van der Waals surface area contributed by atoms with Crippen LogP contribution in [0, 0.1) is 0 Å². The Kier molecular flexibility index (Phi) is 5.73. The van der Waals surface area contributed by atoms with Crippen LogP contribution in [-0.4, -0.2) is 48.4 Å². The molecule has 1 heterocycles. The van der Waals surface area contributed by atoms with Gasteiger partial charge in [-0.3, -0.25) is 9.59 Å². The van der Waals surface area contributed by atoms with Crippen molar-refractivity contribution in [3.8, 4) is 0 Å². The van der Waals surface area contributed by atoms with Crippen molar-refractivity contribution in [3.05, 3.63) is 35.9 Å². The summed E-state index contributed by atoms with van der Waals surface area (Å²) in [6.07, 6.45) is 1.75. The number of nitrogens with zero attached hydrogens (tertiary/aromatic N) is 1. The van der Waals surface area contributed by atoms with Crippen molar-refractivity contribution in [2.75, 3.05) is 13.7 Å². The summed E-state index contributed by atoms with van der Waals surface area (Å²) >= 11 is 0. The van der Waals surface area contributed by atoms with Crippen molar-refractivity contribution in [1.29, 1.82) is 0 Å². The molecule has 0 spiro atoms. The van der Waals surface area contributed by atoms with Crippen molar-refractivity contribution >= 4 is 17.8 Å². The first kappa shape index (κ1) is 17.0. The van der Waals surface area contributed by atoms with Crippen molar-refractivity contribution in [2.24, 2.45) is 0 Å². The van der Waals surface area contributed by atoms with Crippen molar-refractivity contribution in [1.82, 2.24) is 10.2 Å². The van der Waals surface area contributed by atoms with Crippen LogP contribution in [0.5, 0.6) is 0 Å². The Labute approximate surface area is 135 Å². The van der Waals surface area contributed by atoms with Crippen molar-refractivity contribution in [2.45, 2.75) is 38.3 Å². The second-order valence-electron chi connectivity index (χ2n) is 5.63. The minimum absolute atomic E-state index is 0.0519. The molecule has 1 aliphatic rings. The highest BCUT2D eigenvalue weighted by molar-refractivity contribution is 6.02. The molecule has 1 saturated heterocycles. The molecule has 124 valence electrons. The molecule has 6 nitrogen and oxygen atoms in total. The Morgan fingerprint density at radius 3 is 2.57 bits per heavy atom. The molecule has 1 fully saturated rings. The average Bonchev–Trinajstić information content (AvgIpc) is 2.61. The van der Waals surface area contributed by atoms with Gasteiger partial charge in [-0.15, -0.1) is 0 Å². The van der Waals surface area contributed by atoms with E-state index in [1.807, 2.05) is 18.2 Å². The maximum Gasteiger partial charge on any atom is 0.407 e. The minimum Gasteiger partial charge on any atom is -0.453 e. The lowest BCUT2D eigenvalue weighted by atomic mass is 9.93. The summed E-state index contributed by atoms with van der Waals surface area (Å²) in [7, 11) is 1.25. The number of ether oxygens (including phenoxy) is 1. The van der Waals surface area contributed by atoms with Crippen LogP contribution in [0.3, 0.4) is 0 Å². The van der Waals surface area contributed by atoms with Gasteiger partial charge in [0.15, 0.2) is 5.78 Å². The fraction of sp³-hybridized carbons (Fsp3) is 0.471. The number of likely N-dealkylation sites (tertiary alicyclic amines) is 1. The van der Waals surface area contributed by atoms with Gasteiger partial charge in [-0.05, 0) is 26.2 Å². The van der Waals surface area contributed by atoms with E-state index in [1.54, 1.807) is 24.0 Å². The van der Waals surface area contributed by atoms with Crippen LogP contribution >= 0.6 is 0 Å². The summed E-state index contributed by atoms with van der Waals surface area (Å²) in [5, 5.41) is 2.46. The molecule has 2 amide bonds. The van der Waals surface area contributed by atoms with Crippen LogP contribution in [0.2, 0.25) is 0 Å². The van der Waals surface area contributed by atoms with E-state index >= 15 is 0 Å². The second kappa shape index (κ2) is 7.76. The standard InChI is InChI=1S/C17H22N2O4/c1-12(18-17(22)23-2)16(21)19-11-7-6-10-14(19)15(20)13-8-4-3-5-9-13/h3-5,8-9,12,14H,6-7,10-11H2,1-2H3,(H,18,22)/t12-,14-/m0/s1. The van der Waals surface area contributed by atoms with Crippen LogP contribution in [0.1, 0.15) is 36.5 Å². The van der Waals surface area contributed by atoms with Gasteiger partial charge in [-0.2, -0.15) is 0 Å². The average molecular weight is 318 g/mol. The summed E-state index contributed by atoms with van der Waals surface area (Å²) in [5.74, 6) is -0.312. The molecule has 0 bridgehead atoms. The number of ketones is 1. The van der Waals surface area contributed by atoms with Crippen LogP contribution < -0.4 is 5.32 Å². The first-order valence-corrected chi connectivity index (χ1v) is 7.79. The van der Waals surface area contributed by atoms with Gasteiger partial charge in [0.1, 0.15) is 6.04 Å². The molecule has 0 radical (unpaired) electrons. The number of rotatable bonds is 4. The summed E-state index contributed by atoms with van der Waals surface area (Å²) in [6, 6.07) is 7.79. The number of benzene rings is 1. The fourth-order valence-corrected chi connectivity index (χ4v) is 2.81. The summed E-state index contributed by atoms with van der Waals surface area (Å²) in [4.78, 5) is 38.2. The Morgan fingerprint density at radius 1 is 1.22 bits per heavy atom. The largest absolute Gasteiger partial charge is 0.453 e. The number of methoxy groups -OCH3 is 1. The van der Waals surface area contributed by atoms with Crippen molar-refractivity contribution in [3.63, 3.8) is 0 Å². The third-order valence-electron chi connectivity index (χ3n) is 4.04. The quantitative estimate of drug-likeness (QED) is 0.862. The molecular weight excluding hydrogens is 296 g/mol. The second-order valence-corrected chi connectivity index (χ2v) is 5.63. The van der Waals surface area contributed by atoms with E-state index in [-0.39, 0.29) is 11.7 Å². The molecule has 0 aliphatic carbocycles. The maximum absolute atomic E-state index is 12.7. The summed E-state index contributed by atoms with van der Waals surface area (Å²) in [6.45, 7) is 2.12. The van der Waals surface area contributed by atoms with Gasteiger partial charge in [0.2, 0.25) is 5.91 Å². The van der Waals surface area contributed by atoms with E-state index in [0.717, 1.165) is 12.8 Å². The molecule has 1 aliphatic heterocycles. The van der Waals surface area contributed by atoms with E-state index < -0.39 is 18.2 Å². The molecule has 0 unspecified atom stereocenters. The summed E-state index contributed by atoms with van der Waals surface area (Å²) in [5.41, 5.74) is 0.603. The highest BCUT2D eigenvalue weighted by Gasteiger charge is 2.34. The summed E-state index contributed by atoms with van der Waals surface area (Å²) < 4.78 is 4.51. The fourth-order valence-electron chi connectivity index (χ4n) is 2.81. The number of hydrogen-bond acceptors (Lipinski definition) is 4. The van der Waals surface area contributed by atoms with Crippen LogP contribution in [0.25, 0.3) is 0 Å². The Morgan fingerprint density at radius 2 is 1.91 bits per heavy atom. The minimum atomic E-state index is -0.730. The predicted octanol–water partition coefficient (Wildman–Crippen LogP) is 1.99. The topological polar surface area (TPSA) is 75.7 Å². The molecule has 6 heteroatoms. The Bertz CT molecular complexity index is 573. The lowest BCUT2D eigenvalue weighted by Gasteiger charge is -2.36. The zero-order valence-electron chi connectivity index (χ0n) is 13.5. The highest BCUT2D eigenvalue weighted by atomic mass is 16.5.